The third-order valence-electron chi connectivity index (χ3n) is 6.36. The van der Waals surface area contributed by atoms with Gasteiger partial charge in [0.05, 0.1) is 16.9 Å². The van der Waals surface area contributed by atoms with Crippen LogP contribution in [0.2, 0.25) is 5.02 Å². The number of rotatable bonds is 8. The van der Waals surface area contributed by atoms with E-state index in [0.29, 0.717) is 28.6 Å². The Hall–Kier alpha value is -3.62. The number of benzene rings is 2. The quantitative estimate of drug-likeness (QED) is 0.246. The Balaban J connectivity index is 1.66. The lowest BCUT2D eigenvalue weighted by Crippen LogP contribution is -2.30. The number of nitrogens with one attached hydrogen (secondary N) is 3. The molecule has 0 unspecified atom stereocenters. The molecular formula is C28H31ClN6O2. The third kappa shape index (κ3) is 5.55. The van der Waals surface area contributed by atoms with Gasteiger partial charge in [0.1, 0.15) is 0 Å². The van der Waals surface area contributed by atoms with Gasteiger partial charge in [-0.1, -0.05) is 29.8 Å². The predicted octanol–water partition coefficient (Wildman–Crippen LogP) is 5.49. The van der Waals surface area contributed by atoms with Crippen LogP contribution in [-0.4, -0.2) is 43.8 Å². The normalized spacial score (nSPS) is 13.6. The maximum atomic E-state index is 12.8. The maximum absolute atomic E-state index is 12.8. The van der Waals surface area contributed by atoms with Crippen LogP contribution in [0, 0.1) is 13.8 Å². The summed E-state index contributed by atoms with van der Waals surface area (Å²) in [4.78, 5) is 17.3. The number of aryl methyl sites for hydroxylation is 2. The number of hydrogen-bond donors (Lipinski definition) is 4. The van der Waals surface area contributed by atoms with Crippen LogP contribution in [0.1, 0.15) is 48.2 Å². The second kappa shape index (κ2) is 9.68. The number of aromatic nitrogens is 3. The third-order valence-corrected chi connectivity index (χ3v) is 6.60. The largest absolute Gasteiger partial charge is 0.389 e. The Kier molecular flexibility index (Phi) is 6.56. The predicted molar refractivity (Wildman–Crippen MR) is 148 cm³/mol. The first-order chi connectivity index (χ1) is 17.6. The zero-order valence-corrected chi connectivity index (χ0v) is 22.1. The number of nitrogens with zero attached hydrogens (tertiary/aromatic N) is 3. The number of halogens is 1. The minimum absolute atomic E-state index is 0.0540. The van der Waals surface area contributed by atoms with Gasteiger partial charge < -0.3 is 21.1 Å². The molecule has 1 amide bonds. The Morgan fingerprint density at radius 1 is 1.16 bits per heavy atom. The van der Waals surface area contributed by atoms with E-state index in [0.717, 1.165) is 46.5 Å². The number of imidazole rings is 1. The van der Waals surface area contributed by atoms with Gasteiger partial charge in [-0.3, -0.25) is 4.79 Å². The van der Waals surface area contributed by atoms with E-state index >= 15 is 0 Å². The fourth-order valence-electron chi connectivity index (χ4n) is 4.21. The highest BCUT2D eigenvalue weighted by molar-refractivity contribution is 6.30. The average molecular weight is 519 g/mol. The molecule has 0 radical (unpaired) electrons. The van der Waals surface area contributed by atoms with E-state index in [4.69, 9.17) is 16.7 Å². The summed E-state index contributed by atoms with van der Waals surface area (Å²) in [5, 5.41) is 25.9. The van der Waals surface area contributed by atoms with Crippen LogP contribution in [-0.2, 0) is 0 Å². The monoisotopic (exact) mass is 518 g/mol. The average Bonchev–Trinajstić information content (AvgIpc) is 3.52. The van der Waals surface area contributed by atoms with Gasteiger partial charge in [0.2, 0.25) is 0 Å². The number of aliphatic hydroxyl groups is 1. The molecule has 0 aliphatic heterocycles. The first-order valence-electron chi connectivity index (χ1n) is 12.4. The van der Waals surface area contributed by atoms with Crippen molar-refractivity contribution < 1.29 is 9.90 Å². The molecule has 4 N–H and O–H groups in total. The molecule has 2 aromatic carbocycles. The van der Waals surface area contributed by atoms with E-state index < -0.39 is 5.60 Å². The molecule has 2 heterocycles. The van der Waals surface area contributed by atoms with Gasteiger partial charge in [-0.05, 0) is 75.4 Å². The Morgan fingerprint density at radius 3 is 2.65 bits per heavy atom. The lowest BCUT2D eigenvalue weighted by atomic mass is 9.98. The van der Waals surface area contributed by atoms with Crippen molar-refractivity contribution in [3.8, 4) is 11.1 Å². The minimum Gasteiger partial charge on any atom is -0.389 e. The molecule has 8 nitrogen and oxygen atoms in total. The lowest BCUT2D eigenvalue weighted by Gasteiger charge is -2.23. The molecule has 0 saturated heterocycles. The Bertz CT molecular complexity index is 1490. The van der Waals surface area contributed by atoms with E-state index in [1.165, 1.54) is 0 Å². The number of carbonyl (C=O) groups is 1. The van der Waals surface area contributed by atoms with Gasteiger partial charge in [0.25, 0.3) is 5.91 Å². The summed E-state index contributed by atoms with van der Waals surface area (Å²) >= 11 is 6.30. The summed E-state index contributed by atoms with van der Waals surface area (Å²) in [6, 6.07) is 11.7. The molecule has 9 heteroatoms. The van der Waals surface area contributed by atoms with E-state index in [-0.39, 0.29) is 11.9 Å². The number of hydrogen-bond acceptors (Lipinski definition) is 6. The lowest BCUT2D eigenvalue weighted by molar-refractivity contribution is 0.0940. The summed E-state index contributed by atoms with van der Waals surface area (Å²) in [6.07, 6.45) is 5.54. The molecule has 4 aromatic rings. The highest BCUT2D eigenvalue weighted by atomic mass is 35.5. The molecule has 192 valence electrons. The summed E-state index contributed by atoms with van der Waals surface area (Å²) in [7, 11) is 0. The smallest absolute Gasteiger partial charge is 0.251 e. The fraction of sp³-hybridized carbons (Fsp3) is 0.321. The molecular weight excluding hydrogens is 488 g/mol. The first-order valence-corrected chi connectivity index (χ1v) is 12.8. The van der Waals surface area contributed by atoms with Crippen molar-refractivity contribution in [1.82, 2.24) is 19.9 Å². The van der Waals surface area contributed by atoms with Crippen LogP contribution >= 0.6 is 11.6 Å². The zero-order valence-electron chi connectivity index (χ0n) is 21.4. The van der Waals surface area contributed by atoms with Gasteiger partial charge in [-0.15, -0.1) is 5.10 Å². The summed E-state index contributed by atoms with van der Waals surface area (Å²) in [5.74, 6) is 0.533. The molecule has 1 aliphatic rings. The SMILES string of the molecule is Cc1ccc(Cl)cc1Nc1nn2ccnc2c(NCC(C)(C)O)c1-c1ccc(C(=O)NC2CC2)c(C)c1. The van der Waals surface area contributed by atoms with Gasteiger partial charge >= 0.3 is 0 Å². The molecule has 37 heavy (non-hydrogen) atoms. The van der Waals surface area contributed by atoms with Crippen LogP contribution in [0.15, 0.2) is 48.8 Å². The Labute approximate surface area is 221 Å². The highest BCUT2D eigenvalue weighted by Crippen LogP contribution is 2.39. The Morgan fingerprint density at radius 2 is 1.95 bits per heavy atom. The first kappa shape index (κ1) is 25.0. The van der Waals surface area contributed by atoms with Crippen molar-refractivity contribution in [2.24, 2.45) is 0 Å². The molecule has 1 saturated carbocycles. The summed E-state index contributed by atoms with van der Waals surface area (Å²) < 4.78 is 1.70. The van der Waals surface area contributed by atoms with Crippen LogP contribution in [0.5, 0.6) is 0 Å². The standard InChI is InChI=1S/C28H31ClN6O2/c1-16-5-7-19(29)14-22(16)33-25-23(18-6-10-21(17(2)13-18)27(36)32-20-8-9-20)24(31-15-28(3,4)37)26-30-11-12-35(26)34-25/h5-7,10-14,20,31,37H,8-9,15H2,1-4H3,(H,32,36)(H,33,34). The van der Waals surface area contributed by atoms with Crippen molar-refractivity contribution in [2.45, 2.75) is 52.2 Å². The number of carbonyl (C=O) groups excluding carboxylic acids is 1. The van der Waals surface area contributed by atoms with Crippen molar-refractivity contribution >= 4 is 40.3 Å². The number of amides is 1. The molecule has 1 aliphatic carbocycles. The summed E-state index contributed by atoms with van der Waals surface area (Å²) in [5.41, 5.74) is 5.37. The van der Waals surface area contributed by atoms with E-state index in [1.807, 2.05) is 50.2 Å². The minimum atomic E-state index is -0.956. The molecule has 0 atom stereocenters. The molecule has 0 bridgehead atoms. The highest BCUT2D eigenvalue weighted by Gasteiger charge is 2.26. The van der Waals surface area contributed by atoms with E-state index in [9.17, 15) is 9.90 Å². The van der Waals surface area contributed by atoms with Crippen molar-refractivity contribution in [3.63, 3.8) is 0 Å². The van der Waals surface area contributed by atoms with Crippen molar-refractivity contribution in [2.75, 3.05) is 17.2 Å². The topological polar surface area (TPSA) is 104 Å². The van der Waals surface area contributed by atoms with E-state index in [1.54, 1.807) is 30.8 Å². The van der Waals surface area contributed by atoms with Gasteiger partial charge in [-0.25, -0.2) is 9.50 Å². The second-order valence-corrected chi connectivity index (χ2v) is 10.8. The zero-order chi connectivity index (χ0) is 26.3. The number of anilines is 3. The molecule has 1 fully saturated rings. The van der Waals surface area contributed by atoms with Crippen molar-refractivity contribution in [3.05, 3.63) is 70.5 Å². The van der Waals surface area contributed by atoms with Gasteiger partial charge in [0.15, 0.2) is 11.5 Å². The van der Waals surface area contributed by atoms with Gasteiger partial charge in [-0.2, -0.15) is 0 Å². The molecule has 5 rings (SSSR count). The van der Waals surface area contributed by atoms with Crippen LogP contribution in [0.3, 0.4) is 0 Å². The van der Waals surface area contributed by atoms with Crippen molar-refractivity contribution in [1.29, 1.82) is 0 Å². The summed E-state index contributed by atoms with van der Waals surface area (Å²) in [6.45, 7) is 7.72. The maximum Gasteiger partial charge on any atom is 0.251 e. The fourth-order valence-corrected chi connectivity index (χ4v) is 4.38. The van der Waals surface area contributed by atoms with Crippen LogP contribution < -0.4 is 16.0 Å². The number of fused-ring (bicyclic) bond motifs is 1. The molecule has 2 aromatic heterocycles. The van der Waals surface area contributed by atoms with Crippen LogP contribution in [0.25, 0.3) is 16.8 Å². The van der Waals surface area contributed by atoms with Crippen LogP contribution in [0.4, 0.5) is 17.2 Å². The van der Waals surface area contributed by atoms with Gasteiger partial charge in [0, 0.05) is 41.3 Å². The van der Waals surface area contributed by atoms with E-state index in [2.05, 4.69) is 20.9 Å². The second-order valence-electron chi connectivity index (χ2n) is 10.3. The molecule has 0 spiro atoms.